The highest BCUT2D eigenvalue weighted by Crippen LogP contribution is 2.21. The lowest BCUT2D eigenvalue weighted by molar-refractivity contribution is 0.0686. The van der Waals surface area contributed by atoms with Crippen molar-refractivity contribution in [3.8, 4) is 47.4 Å². The second-order valence-corrected chi connectivity index (χ2v) is 16.1. The fourth-order valence-electron chi connectivity index (χ4n) is 6.96. The number of carboxylic acid groups (broad SMARTS) is 2. The summed E-state index contributed by atoms with van der Waals surface area (Å²) in [5.74, 6) is 24.7. The molecule has 0 aromatic heterocycles. The summed E-state index contributed by atoms with van der Waals surface area (Å²) in [6, 6.07) is 29.1. The highest BCUT2D eigenvalue weighted by Gasteiger charge is 2.12. The van der Waals surface area contributed by atoms with Gasteiger partial charge in [0.25, 0.3) is 0 Å². The van der Waals surface area contributed by atoms with Gasteiger partial charge in [-0.3, -0.25) is 0 Å². The first kappa shape index (κ1) is 55.9. The molecule has 374 valence electrons. The SMILES string of the molecule is COCCOCCc1cc(C#Cc2ccc(C(=O)O)cc2)c(CCOCCOC)cc1C#Cc1ccc(C#Cc2cc(CCOCCOC)c(C#Cc3ccc(C(=O)O)cc3)cc2CCOCCOC)cc1. The summed E-state index contributed by atoms with van der Waals surface area (Å²) >= 11 is 0. The van der Waals surface area contributed by atoms with E-state index in [4.69, 9.17) is 37.9 Å². The van der Waals surface area contributed by atoms with E-state index < -0.39 is 11.9 Å². The molecule has 0 aliphatic heterocycles. The molecule has 0 unspecified atom stereocenters. The standard InChI is InChI=1S/C60H62O12/c1-65-33-37-69-29-25-55-43-53(23-15-47-9-17-49(18-10-47)59(61)62)57(27-31-71-39-35-67-3)41-51(55)21-13-45-5-7-46(8-6-45)14-22-52-42-58(28-32-72-40-36-68-4)54(44-56(52)26-30-70-38-34-66-2)24-16-48-11-19-50(20-12-48)60(63)64/h5-12,17-20,41-44H,25-40H2,1-4H3,(H,61,62)(H,63,64). The second kappa shape index (κ2) is 32.0. The Hall–Kier alpha value is -7.04. The second-order valence-electron chi connectivity index (χ2n) is 16.1. The van der Waals surface area contributed by atoms with Crippen LogP contribution >= 0.6 is 0 Å². The summed E-state index contributed by atoms with van der Waals surface area (Å²) in [4.78, 5) is 22.8. The summed E-state index contributed by atoms with van der Waals surface area (Å²) in [6.07, 6.45) is 2.36. The molecule has 12 heteroatoms. The summed E-state index contributed by atoms with van der Waals surface area (Å²) < 4.78 is 44.1. The van der Waals surface area contributed by atoms with Crippen LogP contribution in [0, 0.1) is 47.4 Å². The zero-order valence-electron chi connectivity index (χ0n) is 41.5. The van der Waals surface area contributed by atoms with Crippen LogP contribution < -0.4 is 0 Å². The fourth-order valence-corrected chi connectivity index (χ4v) is 6.96. The summed E-state index contributed by atoms with van der Waals surface area (Å²) in [5.41, 5.74) is 10.6. The van der Waals surface area contributed by atoms with Crippen molar-refractivity contribution >= 4 is 11.9 Å². The summed E-state index contributed by atoms with van der Waals surface area (Å²) in [7, 11) is 6.55. The zero-order valence-corrected chi connectivity index (χ0v) is 41.5. The maximum Gasteiger partial charge on any atom is 0.335 e. The molecule has 2 N–H and O–H groups in total. The van der Waals surface area contributed by atoms with Gasteiger partial charge in [-0.1, -0.05) is 47.4 Å². The molecular weight excluding hydrogens is 913 g/mol. The number of carbonyl (C=O) groups is 2. The average Bonchev–Trinajstić information content (AvgIpc) is 3.39. The third-order valence-corrected chi connectivity index (χ3v) is 11.0. The van der Waals surface area contributed by atoms with Crippen LogP contribution in [0.4, 0.5) is 0 Å². The van der Waals surface area contributed by atoms with E-state index in [1.165, 1.54) is 0 Å². The number of benzene rings is 5. The molecule has 0 radical (unpaired) electrons. The van der Waals surface area contributed by atoms with Crippen molar-refractivity contribution in [1.29, 1.82) is 0 Å². The van der Waals surface area contributed by atoms with Gasteiger partial charge >= 0.3 is 11.9 Å². The predicted molar refractivity (Wildman–Crippen MR) is 276 cm³/mol. The zero-order chi connectivity index (χ0) is 51.2. The van der Waals surface area contributed by atoms with Crippen LogP contribution in [0.3, 0.4) is 0 Å². The number of methoxy groups -OCH3 is 4. The Morgan fingerprint density at radius 3 is 0.764 bits per heavy atom. The van der Waals surface area contributed by atoms with E-state index in [9.17, 15) is 19.8 Å². The molecular formula is C60H62O12. The van der Waals surface area contributed by atoms with Gasteiger partial charge in [0, 0.05) is 72.9 Å². The lowest BCUT2D eigenvalue weighted by Crippen LogP contribution is -2.08. The number of carboxylic acids is 2. The highest BCUT2D eigenvalue weighted by molar-refractivity contribution is 5.88. The van der Waals surface area contributed by atoms with Crippen LogP contribution in [-0.2, 0) is 63.6 Å². The van der Waals surface area contributed by atoms with Crippen molar-refractivity contribution in [2.45, 2.75) is 25.7 Å². The highest BCUT2D eigenvalue weighted by atomic mass is 16.5. The Kier molecular flexibility index (Phi) is 24.9. The molecule has 5 aromatic rings. The average molecular weight is 975 g/mol. The Labute approximate surface area is 423 Å². The van der Waals surface area contributed by atoms with E-state index in [2.05, 4.69) is 71.6 Å². The van der Waals surface area contributed by atoms with Gasteiger partial charge in [0.1, 0.15) is 0 Å². The van der Waals surface area contributed by atoms with Crippen molar-refractivity contribution in [3.05, 3.63) is 175 Å². The molecule has 0 bridgehead atoms. The van der Waals surface area contributed by atoms with Gasteiger partial charge in [0.05, 0.1) is 90.4 Å². The lowest BCUT2D eigenvalue weighted by atomic mass is 9.94. The molecule has 0 spiro atoms. The Morgan fingerprint density at radius 2 is 0.556 bits per heavy atom. The number of aromatic carboxylic acids is 2. The molecule has 5 rings (SSSR count). The summed E-state index contributed by atoms with van der Waals surface area (Å²) in [5, 5.41) is 18.7. The molecule has 0 aliphatic carbocycles. The molecule has 12 nitrogen and oxygen atoms in total. The third kappa shape index (κ3) is 19.6. The maximum absolute atomic E-state index is 11.4. The molecule has 0 saturated heterocycles. The normalized spacial score (nSPS) is 10.5. The Morgan fingerprint density at radius 1 is 0.333 bits per heavy atom. The molecule has 0 heterocycles. The number of rotatable bonds is 26. The number of hydrogen-bond acceptors (Lipinski definition) is 10. The molecule has 5 aromatic carbocycles. The largest absolute Gasteiger partial charge is 0.478 e. The minimum Gasteiger partial charge on any atom is -0.478 e. The number of hydrogen-bond donors (Lipinski definition) is 2. The molecule has 0 aliphatic rings. The first-order valence-corrected chi connectivity index (χ1v) is 23.6. The quantitative estimate of drug-likeness (QED) is 0.0418. The van der Waals surface area contributed by atoms with Gasteiger partial charge in [-0.05, 0) is 145 Å². The van der Waals surface area contributed by atoms with E-state index in [0.29, 0.717) is 116 Å². The van der Waals surface area contributed by atoms with Gasteiger partial charge < -0.3 is 48.1 Å². The first-order chi connectivity index (χ1) is 35.2. The first-order valence-electron chi connectivity index (χ1n) is 23.6. The van der Waals surface area contributed by atoms with Crippen molar-refractivity contribution in [3.63, 3.8) is 0 Å². The third-order valence-electron chi connectivity index (χ3n) is 11.0. The van der Waals surface area contributed by atoms with Gasteiger partial charge in [-0.25, -0.2) is 9.59 Å². The van der Waals surface area contributed by atoms with Crippen molar-refractivity contribution in [2.24, 2.45) is 0 Å². The minimum atomic E-state index is -0.992. The molecule has 0 atom stereocenters. The summed E-state index contributed by atoms with van der Waals surface area (Å²) in [6.45, 7) is 5.64. The maximum atomic E-state index is 11.4. The minimum absolute atomic E-state index is 0.197. The van der Waals surface area contributed by atoms with E-state index in [0.717, 1.165) is 55.6 Å². The molecule has 0 amide bonds. The van der Waals surface area contributed by atoms with E-state index in [1.807, 2.05) is 24.3 Å². The smallest absolute Gasteiger partial charge is 0.335 e. The van der Waals surface area contributed by atoms with Gasteiger partial charge in [-0.2, -0.15) is 0 Å². The van der Waals surface area contributed by atoms with Crippen LogP contribution in [0.25, 0.3) is 0 Å². The fraction of sp³-hybridized carbons (Fsp3) is 0.333. The Balaban J connectivity index is 1.47. The van der Waals surface area contributed by atoms with Crippen LogP contribution in [-0.4, -0.2) is 130 Å². The van der Waals surface area contributed by atoms with Crippen LogP contribution in [0.15, 0.2) is 97.1 Å². The molecule has 0 saturated carbocycles. The predicted octanol–water partition coefficient (Wildman–Crippen LogP) is 7.50. The van der Waals surface area contributed by atoms with Gasteiger partial charge in [-0.15, -0.1) is 0 Å². The number of ether oxygens (including phenoxy) is 8. The van der Waals surface area contributed by atoms with E-state index >= 15 is 0 Å². The molecule has 0 fully saturated rings. The van der Waals surface area contributed by atoms with Gasteiger partial charge in [0.15, 0.2) is 0 Å². The van der Waals surface area contributed by atoms with E-state index in [1.54, 1.807) is 77.0 Å². The van der Waals surface area contributed by atoms with Crippen LogP contribution in [0.5, 0.6) is 0 Å². The lowest BCUT2D eigenvalue weighted by Gasteiger charge is -2.12. The van der Waals surface area contributed by atoms with E-state index in [-0.39, 0.29) is 11.1 Å². The van der Waals surface area contributed by atoms with Crippen molar-refractivity contribution in [1.82, 2.24) is 0 Å². The Bertz CT molecular complexity index is 2580. The topological polar surface area (TPSA) is 148 Å². The van der Waals surface area contributed by atoms with Crippen molar-refractivity contribution < 1.29 is 57.7 Å². The van der Waals surface area contributed by atoms with Crippen LogP contribution in [0.1, 0.15) is 87.5 Å². The van der Waals surface area contributed by atoms with Gasteiger partial charge in [0.2, 0.25) is 0 Å². The monoisotopic (exact) mass is 974 g/mol. The molecule has 72 heavy (non-hydrogen) atoms. The van der Waals surface area contributed by atoms with Crippen molar-refractivity contribution in [2.75, 3.05) is 108 Å². The van der Waals surface area contributed by atoms with Crippen LogP contribution in [0.2, 0.25) is 0 Å².